The number of carbonyl (C=O) groups is 2. The molecule has 23 heavy (non-hydrogen) atoms. The zero-order chi connectivity index (χ0) is 16.7. The molecular weight excluding hydrogens is 337 g/mol. The molecule has 0 spiro atoms. The van der Waals surface area contributed by atoms with E-state index in [4.69, 9.17) is 23.2 Å². The van der Waals surface area contributed by atoms with Gasteiger partial charge in [-0.2, -0.15) is 5.10 Å². The number of carbonyl (C=O) groups excluding carboxylic acids is 2. The van der Waals surface area contributed by atoms with Gasteiger partial charge in [-0.3, -0.25) is 9.59 Å². The fourth-order valence-electron chi connectivity index (χ4n) is 1.69. The van der Waals surface area contributed by atoms with Crippen molar-refractivity contribution in [2.75, 3.05) is 6.54 Å². The molecule has 0 fully saturated rings. The summed E-state index contributed by atoms with van der Waals surface area (Å²) in [7, 11) is 0. The first kappa shape index (κ1) is 17.0. The molecule has 0 saturated carbocycles. The van der Waals surface area contributed by atoms with Gasteiger partial charge in [0.2, 0.25) is 0 Å². The lowest BCUT2D eigenvalue weighted by molar-refractivity contribution is -0.120. The average molecular weight is 350 g/mol. The molecule has 0 aromatic heterocycles. The molecule has 0 bridgehead atoms. The maximum atomic E-state index is 11.8. The van der Waals surface area contributed by atoms with E-state index in [1.807, 2.05) is 0 Å². The predicted molar refractivity (Wildman–Crippen MR) is 91.0 cm³/mol. The van der Waals surface area contributed by atoms with Gasteiger partial charge in [0.05, 0.1) is 22.8 Å². The van der Waals surface area contributed by atoms with Crippen LogP contribution in [0.1, 0.15) is 15.9 Å². The van der Waals surface area contributed by atoms with Crippen LogP contribution in [-0.2, 0) is 4.79 Å². The van der Waals surface area contributed by atoms with Crippen molar-refractivity contribution in [2.24, 2.45) is 5.10 Å². The summed E-state index contributed by atoms with van der Waals surface area (Å²) in [6.45, 7) is -0.193. The number of benzene rings is 2. The van der Waals surface area contributed by atoms with Gasteiger partial charge >= 0.3 is 0 Å². The number of halogens is 2. The third-order valence-electron chi connectivity index (χ3n) is 2.83. The first-order chi connectivity index (χ1) is 11.1. The molecule has 2 rings (SSSR count). The van der Waals surface area contributed by atoms with Crippen LogP contribution >= 0.6 is 23.2 Å². The largest absolute Gasteiger partial charge is 0.343 e. The lowest BCUT2D eigenvalue weighted by Gasteiger charge is -2.04. The van der Waals surface area contributed by atoms with Crippen molar-refractivity contribution in [3.8, 4) is 0 Å². The van der Waals surface area contributed by atoms with Gasteiger partial charge in [-0.15, -0.1) is 0 Å². The first-order valence-corrected chi connectivity index (χ1v) is 7.42. The van der Waals surface area contributed by atoms with E-state index in [0.29, 0.717) is 21.2 Å². The van der Waals surface area contributed by atoms with Gasteiger partial charge in [0, 0.05) is 11.1 Å². The van der Waals surface area contributed by atoms with Crippen molar-refractivity contribution in [2.45, 2.75) is 0 Å². The molecule has 0 saturated heterocycles. The van der Waals surface area contributed by atoms with Gasteiger partial charge in [-0.05, 0) is 24.3 Å². The van der Waals surface area contributed by atoms with Crippen LogP contribution in [0.2, 0.25) is 10.0 Å². The van der Waals surface area contributed by atoms with E-state index in [1.54, 1.807) is 48.5 Å². The van der Waals surface area contributed by atoms with Crippen LogP contribution in [0.4, 0.5) is 0 Å². The molecule has 0 aliphatic rings. The highest BCUT2D eigenvalue weighted by Crippen LogP contribution is 2.21. The SMILES string of the molecule is O=C(CNC(=O)c1ccccc1)N/N=C\c1c(Cl)cccc1Cl. The molecule has 0 aliphatic carbocycles. The van der Waals surface area contributed by atoms with Gasteiger partial charge in [0.15, 0.2) is 0 Å². The zero-order valence-corrected chi connectivity index (χ0v) is 13.4. The van der Waals surface area contributed by atoms with E-state index in [0.717, 1.165) is 0 Å². The van der Waals surface area contributed by atoms with Crippen molar-refractivity contribution < 1.29 is 9.59 Å². The fourth-order valence-corrected chi connectivity index (χ4v) is 2.19. The Morgan fingerprint density at radius 3 is 2.30 bits per heavy atom. The van der Waals surface area contributed by atoms with E-state index in [-0.39, 0.29) is 12.5 Å². The molecule has 2 aromatic carbocycles. The summed E-state index contributed by atoms with van der Waals surface area (Å²) in [5, 5.41) is 7.11. The van der Waals surface area contributed by atoms with E-state index >= 15 is 0 Å². The number of rotatable bonds is 5. The second kappa shape index (κ2) is 8.31. The van der Waals surface area contributed by atoms with Crippen LogP contribution in [0, 0.1) is 0 Å². The van der Waals surface area contributed by atoms with E-state index < -0.39 is 5.91 Å². The summed E-state index contributed by atoms with van der Waals surface area (Å²) < 4.78 is 0. The molecule has 118 valence electrons. The van der Waals surface area contributed by atoms with Crippen LogP contribution in [-0.4, -0.2) is 24.6 Å². The normalized spacial score (nSPS) is 10.5. The van der Waals surface area contributed by atoms with Gasteiger partial charge < -0.3 is 5.32 Å². The third-order valence-corrected chi connectivity index (χ3v) is 3.49. The molecule has 2 amide bonds. The van der Waals surface area contributed by atoms with Gasteiger partial charge in [-0.1, -0.05) is 47.5 Å². The van der Waals surface area contributed by atoms with Crippen molar-refractivity contribution in [3.05, 3.63) is 69.7 Å². The van der Waals surface area contributed by atoms with Gasteiger partial charge in [0.25, 0.3) is 11.8 Å². The van der Waals surface area contributed by atoms with Crippen LogP contribution in [0.3, 0.4) is 0 Å². The molecule has 0 radical (unpaired) electrons. The number of hydrazone groups is 1. The minimum atomic E-state index is -0.464. The summed E-state index contributed by atoms with van der Waals surface area (Å²) in [6, 6.07) is 13.6. The van der Waals surface area contributed by atoms with Crippen molar-refractivity contribution in [1.29, 1.82) is 0 Å². The lowest BCUT2D eigenvalue weighted by atomic mass is 10.2. The summed E-state index contributed by atoms with van der Waals surface area (Å²) >= 11 is 11.9. The second-order valence-corrected chi connectivity index (χ2v) is 5.29. The molecule has 0 heterocycles. The molecule has 2 aromatic rings. The number of hydrogen-bond acceptors (Lipinski definition) is 3. The monoisotopic (exact) mass is 349 g/mol. The van der Waals surface area contributed by atoms with Crippen LogP contribution in [0.25, 0.3) is 0 Å². The quantitative estimate of drug-likeness (QED) is 0.643. The van der Waals surface area contributed by atoms with Gasteiger partial charge in [-0.25, -0.2) is 5.43 Å². The third kappa shape index (κ3) is 5.09. The van der Waals surface area contributed by atoms with Crippen LogP contribution < -0.4 is 10.7 Å². The Balaban J connectivity index is 1.84. The Kier molecular flexibility index (Phi) is 6.14. The summed E-state index contributed by atoms with van der Waals surface area (Å²) in [4.78, 5) is 23.4. The number of nitrogens with one attached hydrogen (secondary N) is 2. The molecule has 0 unspecified atom stereocenters. The smallest absolute Gasteiger partial charge is 0.259 e. The molecule has 7 heteroatoms. The van der Waals surface area contributed by atoms with Crippen LogP contribution in [0.5, 0.6) is 0 Å². The fraction of sp³-hybridized carbons (Fsp3) is 0.0625. The van der Waals surface area contributed by atoms with Crippen molar-refractivity contribution >= 4 is 41.2 Å². The maximum Gasteiger partial charge on any atom is 0.259 e. The molecule has 2 N–H and O–H groups in total. The molecule has 5 nitrogen and oxygen atoms in total. The number of nitrogens with zero attached hydrogens (tertiary/aromatic N) is 1. The number of hydrogen-bond donors (Lipinski definition) is 2. The predicted octanol–water partition coefficient (Wildman–Crippen LogP) is 2.87. The Morgan fingerprint density at radius 2 is 1.65 bits per heavy atom. The zero-order valence-electron chi connectivity index (χ0n) is 11.9. The highest BCUT2D eigenvalue weighted by molar-refractivity contribution is 6.38. The molecule has 0 atom stereocenters. The summed E-state index contributed by atoms with van der Waals surface area (Å²) in [6.07, 6.45) is 1.35. The second-order valence-electron chi connectivity index (χ2n) is 4.48. The lowest BCUT2D eigenvalue weighted by Crippen LogP contribution is -2.34. The Bertz CT molecular complexity index is 713. The maximum absolute atomic E-state index is 11.8. The van der Waals surface area contributed by atoms with Gasteiger partial charge in [0.1, 0.15) is 0 Å². The minimum Gasteiger partial charge on any atom is -0.343 e. The first-order valence-electron chi connectivity index (χ1n) is 6.67. The van der Waals surface area contributed by atoms with E-state index in [1.165, 1.54) is 6.21 Å². The highest BCUT2D eigenvalue weighted by Gasteiger charge is 2.07. The van der Waals surface area contributed by atoms with E-state index in [2.05, 4.69) is 15.8 Å². The van der Waals surface area contributed by atoms with Crippen molar-refractivity contribution in [3.63, 3.8) is 0 Å². The Labute approximate surface area is 143 Å². The molecule has 0 aliphatic heterocycles. The topological polar surface area (TPSA) is 70.6 Å². The Hall–Kier alpha value is -2.37. The Morgan fingerprint density at radius 1 is 1.00 bits per heavy atom. The van der Waals surface area contributed by atoms with E-state index in [9.17, 15) is 9.59 Å². The standard InChI is InChI=1S/C16H13Cl2N3O2/c17-13-7-4-8-14(18)12(13)9-20-21-15(22)10-19-16(23)11-5-2-1-3-6-11/h1-9H,10H2,(H,19,23)(H,21,22)/b20-9-. The number of amides is 2. The molecular formula is C16H13Cl2N3O2. The summed E-state index contributed by atoms with van der Waals surface area (Å²) in [5.74, 6) is -0.799. The summed E-state index contributed by atoms with van der Waals surface area (Å²) in [5.41, 5.74) is 3.27. The van der Waals surface area contributed by atoms with Crippen molar-refractivity contribution in [1.82, 2.24) is 10.7 Å². The average Bonchev–Trinajstić information content (AvgIpc) is 2.56. The minimum absolute atomic E-state index is 0.193. The van der Waals surface area contributed by atoms with Crippen LogP contribution in [0.15, 0.2) is 53.6 Å². The highest BCUT2D eigenvalue weighted by atomic mass is 35.5.